The quantitative estimate of drug-likeness (QED) is 0.502. The van der Waals surface area contributed by atoms with Gasteiger partial charge in [-0.3, -0.25) is 25.2 Å². The van der Waals surface area contributed by atoms with Crippen LogP contribution in [0.5, 0.6) is 5.75 Å². The first-order valence-corrected chi connectivity index (χ1v) is 9.02. The molecule has 0 heterocycles. The summed E-state index contributed by atoms with van der Waals surface area (Å²) in [5.74, 6) is -0.555. The van der Waals surface area contributed by atoms with Gasteiger partial charge >= 0.3 is 0 Å². The molecule has 0 saturated heterocycles. The van der Waals surface area contributed by atoms with Crippen molar-refractivity contribution in [1.29, 1.82) is 0 Å². The first kappa shape index (κ1) is 19.8. The van der Waals surface area contributed by atoms with Gasteiger partial charge in [0.05, 0.1) is 0 Å². The number of hydrogen-bond acceptors (Lipinski definition) is 4. The number of amides is 2. The fourth-order valence-electron chi connectivity index (χ4n) is 2.67. The van der Waals surface area contributed by atoms with Gasteiger partial charge in [-0.2, -0.15) is 0 Å². The van der Waals surface area contributed by atoms with Crippen LogP contribution >= 0.6 is 0 Å². The number of hydrazine groups is 1. The van der Waals surface area contributed by atoms with Gasteiger partial charge in [-0.25, -0.2) is 0 Å². The maximum absolute atomic E-state index is 12.4. The van der Waals surface area contributed by atoms with Crippen LogP contribution in [0.25, 0.3) is 0 Å². The molecule has 0 aliphatic rings. The summed E-state index contributed by atoms with van der Waals surface area (Å²) in [4.78, 5) is 36.3. The number of hydrogen-bond donors (Lipinski definition) is 2. The van der Waals surface area contributed by atoms with Crippen molar-refractivity contribution in [2.45, 2.75) is 6.92 Å². The summed E-state index contributed by atoms with van der Waals surface area (Å²) in [6.45, 7) is 1.53. The molecular weight excluding hydrogens is 368 g/mol. The van der Waals surface area contributed by atoms with Crippen LogP contribution in [0.4, 0.5) is 0 Å². The zero-order valence-electron chi connectivity index (χ0n) is 15.8. The van der Waals surface area contributed by atoms with Gasteiger partial charge in [0.25, 0.3) is 11.8 Å². The van der Waals surface area contributed by atoms with Crippen LogP contribution in [0.3, 0.4) is 0 Å². The SMILES string of the molecule is Cc1ccccc1C(=O)NNC(=O)COc1ccc(C(=O)c2ccccc2)cc1. The number of ketones is 1. The summed E-state index contributed by atoms with van der Waals surface area (Å²) < 4.78 is 5.40. The number of benzene rings is 3. The Labute approximate surface area is 168 Å². The number of ether oxygens (including phenoxy) is 1. The van der Waals surface area contributed by atoms with Gasteiger partial charge in [0.2, 0.25) is 0 Å². The number of aryl methyl sites for hydroxylation is 1. The lowest BCUT2D eigenvalue weighted by molar-refractivity contribution is -0.123. The highest BCUT2D eigenvalue weighted by atomic mass is 16.5. The lowest BCUT2D eigenvalue weighted by Crippen LogP contribution is -2.44. The Balaban J connectivity index is 1.48. The van der Waals surface area contributed by atoms with E-state index in [1.165, 1.54) is 0 Å². The molecule has 0 spiro atoms. The van der Waals surface area contributed by atoms with Gasteiger partial charge < -0.3 is 4.74 Å². The number of rotatable bonds is 6. The number of nitrogens with one attached hydrogen (secondary N) is 2. The van der Waals surface area contributed by atoms with Crippen LogP contribution in [-0.2, 0) is 4.79 Å². The van der Waals surface area contributed by atoms with Crippen molar-refractivity contribution in [3.8, 4) is 5.75 Å². The second-order valence-corrected chi connectivity index (χ2v) is 6.33. The van der Waals surface area contributed by atoms with E-state index in [9.17, 15) is 14.4 Å². The Kier molecular flexibility index (Phi) is 6.37. The highest BCUT2D eigenvalue weighted by molar-refractivity contribution is 6.09. The predicted octanol–water partition coefficient (Wildman–Crippen LogP) is 3.07. The molecule has 3 aromatic carbocycles. The molecule has 2 amide bonds. The smallest absolute Gasteiger partial charge is 0.276 e. The van der Waals surface area contributed by atoms with Gasteiger partial charge in [0.1, 0.15) is 5.75 Å². The lowest BCUT2D eigenvalue weighted by atomic mass is 10.0. The van der Waals surface area contributed by atoms with Gasteiger partial charge in [-0.1, -0.05) is 48.5 Å². The summed E-state index contributed by atoms with van der Waals surface area (Å²) in [5.41, 5.74) is 7.08. The molecule has 0 atom stereocenters. The maximum atomic E-state index is 12.4. The van der Waals surface area contributed by atoms with Crippen LogP contribution in [0, 0.1) is 6.92 Å². The molecule has 0 aliphatic heterocycles. The van der Waals surface area contributed by atoms with Crippen molar-refractivity contribution in [1.82, 2.24) is 10.9 Å². The molecule has 6 heteroatoms. The molecule has 146 valence electrons. The minimum Gasteiger partial charge on any atom is -0.484 e. The second kappa shape index (κ2) is 9.32. The summed E-state index contributed by atoms with van der Waals surface area (Å²) in [6, 6.07) is 22.6. The van der Waals surface area contributed by atoms with E-state index in [2.05, 4.69) is 10.9 Å². The van der Waals surface area contributed by atoms with E-state index in [-0.39, 0.29) is 12.4 Å². The Bertz CT molecular complexity index is 1010. The normalized spacial score (nSPS) is 10.1. The highest BCUT2D eigenvalue weighted by Gasteiger charge is 2.11. The summed E-state index contributed by atoms with van der Waals surface area (Å²) in [5, 5.41) is 0. The molecule has 0 aliphatic carbocycles. The Morgan fingerprint density at radius 2 is 1.38 bits per heavy atom. The largest absolute Gasteiger partial charge is 0.484 e. The molecule has 0 saturated carbocycles. The van der Waals surface area contributed by atoms with Crippen LogP contribution in [0.2, 0.25) is 0 Å². The standard InChI is InChI=1S/C23H20N2O4/c1-16-7-5-6-10-20(16)23(28)25-24-21(26)15-29-19-13-11-18(12-14-19)22(27)17-8-3-2-4-9-17/h2-14H,15H2,1H3,(H,24,26)(H,25,28). The lowest BCUT2D eigenvalue weighted by Gasteiger charge is -2.10. The minimum atomic E-state index is -0.503. The fourth-order valence-corrected chi connectivity index (χ4v) is 2.67. The van der Waals surface area contributed by atoms with E-state index in [1.807, 2.05) is 25.1 Å². The van der Waals surface area contributed by atoms with E-state index in [4.69, 9.17) is 4.74 Å². The Hall–Kier alpha value is -3.93. The second-order valence-electron chi connectivity index (χ2n) is 6.33. The third-order valence-electron chi connectivity index (χ3n) is 4.23. The van der Waals surface area contributed by atoms with Crippen molar-refractivity contribution < 1.29 is 19.1 Å². The zero-order chi connectivity index (χ0) is 20.6. The average molecular weight is 388 g/mol. The monoisotopic (exact) mass is 388 g/mol. The Morgan fingerprint density at radius 3 is 2.07 bits per heavy atom. The molecule has 2 N–H and O–H groups in total. The molecule has 0 fully saturated rings. The van der Waals surface area contributed by atoms with Crippen LogP contribution in [0.15, 0.2) is 78.9 Å². The maximum Gasteiger partial charge on any atom is 0.276 e. The van der Waals surface area contributed by atoms with Crippen molar-refractivity contribution >= 4 is 17.6 Å². The van der Waals surface area contributed by atoms with Crippen LogP contribution in [-0.4, -0.2) is 24.2 Å². The van der Waals surface area contributed by atoms with Crippen LogP contribution in [0.1, 0.15) is 31.8 Å². The number of carbonyl (C=O) groups is 3. The minimum absolute atomic E-state index is 0.0891. The predicted molar refractivity (Wildman–Crippen MR) is 109 cm³/mol. The molecule has 0 aromatic heterocycles. The third-order valence-corrected chi connectivity index (χ3v) is 4.23. The molecule has 6 nitrogen and oxygen atoms in total. The zero-order valence-corrected chi connectivity index (χ0v) is 15.8. The van der Waals surface area contributed by atoms with E-state index in [0.29, 0.717) is 22.4 Å². The van der Waals surface area contributed by atoms with Gasteiger partial charge in [0.15, 0.2) is 12.4 Å². The van der Waals surface area contributed by atoms with Crippen molar-refractivity contribution in [3.05, 3.63) is 101 Å². The molecule has 0 radical (unpaired) electrons. The van der Waals surface area contributed by atoms with E-state index in [1.54, 1.807) is 60.7 Å². The van der Waals surface area contributed by atoms with Crippen LogP contribution < -0.4 is 15.6 Å². The molecule has 3 rings (SSSR count). The van der Waals surface area contributed by atoms with Gasteiger partial charge in [0, 0.05) is 16.7 Å². The molecule has 0 unspecified atom stereocenters. The first-order chi connectivity index (χ1) is 14.0. The highest BCUT2D eigenvalue weighted by Crippen LogP contribution is 2.15. The van der Waals surface area contributed by atoms with E-state index in [0.717, 1.165) is 5.56 Å². The van der Waals surface area contributed by atoms with Gasteiger partial charge in [-0.15, -0.1) is 0 Å². The average Bonchev–Trinajstić information content (AvgIpc) is 2.77. The van der Waals surface area contributed by atoms with E-state index < -0.39 is 11.8 Å². The van der Waals surface area contributed by atoms with Crippen molar-refractivity contribution in [2.75, 3.05) is 6.61 Å². The number of carbonyl (C=O) groups excluding carboxylic acids is 3. The fraction of sp³-hybridized carbons (Fsp3) is 0.0870. The molecular formula is C23H20N2O4. The van der Waals surface area contributed by atoms with Gasteiger partial charge in [-0.05, 0) is 42.8 Å². The Morgan fingerprint density at radius 1 is 0.759 bits per heavy atom. The summed E-state index contributed by atoms with van der Waals surface area (Å²) in [6.07, 6.45) is 0. The molecule has 3 aromatic rings. The third kappa shape index (κ3) is 5.29. The summed E-state index contributed by atoms with van der Waals surface area (Å²) >= 11 is 0. The first-order valence-electron chi connectivity index (χ1n) is 9.02. The van der Waals surface area contributed by atoms with Crippen molar-refractivity contribution in [3.63, 3.8) is 0 Å². The molecule has 0 bridgehead atoms. The summed E-state index contributed by atoms with van der Waals surface area (Å²) in [7, 11) is 0. The molecule has 29 heavy (non-hydrogen) atoms. The van der Waals surface area contributed by atoms with E-state index >= 15 is 0 Å². The van der Waals surface area contributed by atoms with Crippen molar-refractivity contribution in [2.24, 2.45) is 0 Å². The topological polar surface area (TPSA) is 84.5 Å².